The molecule has 1 N–H and O–H groups in total. The molecular weight excluding hydrogens is 368 g/mol. The average molecular weight is 402 g/mol. The summed E-state index contributed by atoms with van der Waals surface area (Å²) in [5.41, 5.74) is 1.82. The van der Waals surface area contributed by atoms with E-state index in [0.717, 1.165) is 16.2 Å². The van der Waals surface area contributed by atoms with E-state index in [1.807, 2.05) is 63.6 Å². The number of methoxy groups -OCH3 is 3. The third-order valence-electron chi connectivity index (χ3n) is 5.27. The lowest BCUT2D eigenvalue weighted by molar-refractivity contribution is -0.879. The van der Waals surface area contributed by atoms with Gasteiger partial charge in [0, 0.05) is 36.3 Å². The molecule has 29 heavy (non-hydrogen) atoms. The molecule has 0 heterocycles. The number of hydrogen-bond acceptors (Lipinski definition) is 4. The summed E-state index contributed by atoms with van der Waals surface area (Å²) >= 11 is 0. The van der Waals surface area contributed by atoms with Crippen molar-refractivity contribution in [3.63, 3.8) is 0 Å². The molecule has 0 aliphatic carbocycles. The molecule has 0 radical (unpaired) electrons. The fraction of sp³-hybridized carbons (Fsp3) is 0.435. The van der Waals surface area contributed by atoms with Crippen LogP contribution in [0.5, 0.6) is 17.2 Å². The molecule has 0 bridgehead atoms. The summed E-state index contributed by atoms with van der Waals surface area (Å²) in [6.45, 7) is 2.09. The largest absolute Gasteiger partial charge is 0.496 e. The van der Waals surface area contributed by atoms with E-state index in [1.54, 1.807) is 26.2 Å². The molecule has 1 amide bonds. The van der Waals surface area contributed by atoms with Gasteiger partial charge in [0.05, 0.1) is 35.4 Å². The minimum absolute atomic E-state index is 0.0508. The first-order valence-electron chi connectivity index (χ1n) is 9.75. The van der Waals surface area contributed by atoms with Gasteiger partial charge in [0.15, 0.2) is 6.04 Å². The summed E-state index contributed by atoms with van der Waals surface area (Å²) in [5.74, 6) is 2.20. The Hall–Kier alpha value is -2.73. The summed E-state index contributed by atoms with van der Waals surface area (Å²) < 4.78 is 16.5. The van der Waals surface area contributed by atoms with E-state index >= 15 is 0 Å². The SMILES string of the molecule is COc1cc(OC)c(CC(C)C(C(=O)N(C)c2ccccc2)[NH+](C)C)c(OC)c1. The van der Waals surface area contributed by atoms with Crippen molar-refractivity contribution < 1.29 is 23.9 Å². The number of ether oxygens (including phenoxy) is 3. The molecule has 0 aromatic heterocycles. The number of carbonyl (C=O) groups is 1. The number of hydrogen-bond donors (Lipinski definition) is 1. The van der Waals surface area contributed by atoms with Crippen molar-refractivity contribution >= 4 is 11.6 Å². The normalized spacial score (nSPS) is 13.0. The minimum atomic E-state index is -0.225. The molecule has 2 atom stereocenters. The highest BCUT2D eigenvalue weighted by atomic mass is 16.5. The first-order chi connectivity index (χ1) is 13.8. The topological polar surface area (TPSA) is 52.4 Å². The Morgan fingerprint density at radius 1 is 1.00 bits per heavy atom. The minimum Gasteiger partial charge on any atom is -0.496 e. The quantitative estimate of drug-likeness (QED) is 0.699. The Labute approximate surface area is 174 Å². The highest BCUT2D eigenvalue weighted by Crippen LogP contribution is 2.36. The molecule has 2 aromatic carbocycles. The molecule has 0 aliphatic rings. The first kappa shape index (κ1) is 22.6. The summed E-state index contributed by atoms with van der Waals surface area (Å²) in [6.07, 6.45) is 0.639. The molecule has 2 rings (SSSR count). The second kappa shape index (κ2) is 10.2. The molecule has 0 fully saturated rings. The standard InChI is InChI=1S/C23H32N2O4/c1-16(13-19-20(28-6)14-18(27-5)15-21(19)29-7)22(24(2)3)23(26)25(4)17-11-9-8-10-12-17/h8-12,14-16,22H,13H2,1-7H3/p+1. The summed E-state index contributed by atoms with van der Waals surface area (Å²) in [5, 5.41) is 0. The molecule has 6 heteroatoms. The number of nitrogens with one attached hydrogen (secondary N) is 1. The number of nitrogens with zero attached hydrogens (tertiary/aromatic N) is 1. The van der Waals surface area contributed by atoms with Crippen LogP contribution in [0.1, 0.15) is 12.5 Å². The Morgan fingerprint density at radius 2 is 1.55 bits per heavy atom. The maximum atomic E-state index is 13.3. The van der Waals surface area contributed by atoms with Gasteiger partial charge in [-0.1, -0.05) is 25.1 Å². The van der Waals surface area contributed by atoms with Crippen molar-refractivity contribution in [1.29, 1.82) is 0 Å². The number of amides is 1. The third-order valence-corrected chi connectivity index (χ3v) is 5.27. The van der Waals surface area contributed by atoms with Gasteiger partial charge < -0.3 is 24.0 Å². The maximum absolute atomic E-state index is 13.3. The number of quaternary nitrogens is 1. The Balaban J connectivity index is 2.33. The lowest BCUT2D eigenvalue weighted by atomic mass is 9.91. The van der Waals surface area contributed by atoms with Crippen LogP contribution in [0, 0.1) is 5.92 Å². The Morgan fingerprint density at radius 3 is 2.00 bits per heavy atom. The van der Waals surface area contributed by atoms with E-state index < -0.39 is 0 Å². The van der Waals surface area contributed by atoms with Crippen molar-refractivity contribution in [2.45, 2.75) is 19.4 Å². The number of anilines is 1. The molecule has 158 valence electrons. The van der Waals surface area contributed by atoms with Gasteiger partial charge in [-0.05, 0) is 18.6 Å². The van der Waals surface area contributed by atoms with E-state index in [4.69, 9.17) is 14.2 Å². The molecule has 2 aromatic rings. The van der Waals surface area contributed by atoms with Gasteiger partial charge in [-0.2, -0.15) is 0 Å². The predicted octanol–water partition coefficient (Wildman–Crippen LogP) is 2.07. The van der Waals surface area contributed by atoms with Gasteiger partial charge in [-0.15, -0.1) is 0 Å². The zero-order valence-electron chi connectivity index (χ0n) is 18.5. The second-order valence-corrected chi connectivity index (χ2v) is 7.48. The zero-order chi connectivity index (χ0) is 21.6. The van der Waals surface area contributed by atoms with Gasteiger partial charge in [0.25, 0.3) is 5.91 Å². The van der Waals surface area contributed by atoms with Crippen LogP contribution in [0.25, 0.3) is 0 Å². The number of rotatable bonds is 9. The van der Waals surface area contributed by atoms with E-state index in [0.29, 0.717) is 23.7 Å². The molecule has 6 nitrogen and oxygen atoms in total. The van der Waals surface area contributed by atoms with Gasteiger partial charge in [0.1, 0.15) is 17.2 Å². The van der Waals surface area contributed by atoms with Crippen LogP contribution in [-0.2, 0) is 11.2 Å². The number of para-hydroxylation sites is 1. The predicted molar refractivity (Wildman–Crippen MR) is 115 cm³/mol. The van der Waals surface area contributed by atoms with Crippen LogP contribution in [0.2, 0.25) is 0 Å². The van der Waals surface area contributed by atoms with E-state index in [-0.39, 0.29) is 17.9 Å². The summed E-state index contributed by atoms with van der Waals surface area (Å²) in [7, 11) is 10.7. The summed E-state index contributed by atoms with van der Waals surface area (Å²) in [6, 6.07) is 13.2. The van der Waals surface area contributed by atoms with Crippen molar-refractivity contribution in [3.8, 4) is 17.2 Å². The van der Waals surface area contributed by atoms with E-state index in [1.165, 1.54) is 0 Å². The number of benzene rings is 2. The van der Waals surface area contributed by atoms with Crippen molar-refractivity contribution in [2.75, 3.05) is 47.4 Å². The third kappa shape index (κ3) is 5.21. The van der Waals surface area contributed by atoms with Crippen LogP contribution >= 0.6 is 0 Å². The highest BCUT2D eigenvalue weighted by Gasteiger charge is 2.35. The Bertz CT molecular complexity index is 783. The smallest absolute Gasteiger partial charge is 0.285 e. The number of carbonyl (C=O) groups excluding carboxylic acids is 1. The first-order valence-corrected chi connectivity index (χ1v) is 9.75. The molecule has 0 aliphatic heterocycles. The lowest BCUT2D eigenvalue weighted by Gasteiger charge is -2.30. The van der Waals surface area contributed by atoms with Crippen molar-refractivity contribution in [2.24, 2.45) is 5.92 Å². The van der Waals surface area contributed by atoms with Crippen LogP contribution in [0.15, 0.2) is 42.5 Å². The fourth-order valence-corrected chi connectivity index (χ4v) is 3.77. The van der Waals surface area contributed by atoms with E-state index in [9.17, 15) is 4.79 Å². The van der Waals surface area contributed by atoms with Crippen molar-refractivity contribution in [3.05, 3.63) is 48.0 Å². The number of likely N-dealkylation sites (N-methyl/N-ethyl adjacent to an activating group) is 2. The maximum Gasteiger partial charge on any atom is 0.285 e. The van der Waals surface area contributed by atoms with Crippen LogP contribution < -0.4 is 24.0 Å². The van der Waals surface area contributed by atoms with Crippen LogP contribution in [0.3, 0.4) is 0 Å². The van der Waals surface area contributed by atoms with E-state index in [2.05, 4.69) is 6.92 Å². The highest BCUT2D eigenvalue weighted by molar-refractivity contribution is 5.96. The zero-order valence-corrected chi connectivity index (χ0v) is 18.5. The van der Waals surface area contributed by atoms with Gasteiger partial charge in [0.2, 0.25) is 0 Å². The van der Waals surface area contributed by atoms with Crippen LogP contribution in [-0.4, -0.2) is 54.4 Å². The summed E-state index contributed by atoms with van der Waals surface area (Å²) in [4.78, 5) is 16.2. The molecule has 0 spiro atoms. The second-order valence-electron chi connectivity index (χ2n) is 7.48. The van der Waals surface area contributed by atoms with Gasteiger partial charge >= 0.3 is 0 Å². The van der Waals surface area contributed by atoms with Crippen LogP contribution in [0.4, 0.5) is 5.69 Å². The lowest BCUT2D eigenvalue weighted by Crippen LogP contribution is -3.12. The molecule has 0 saturated carbocycles. The fourth-order valence-electron chi connectivity index (χ4n) is 3.77. The molecule has 0 saturated heterocycles. The molecular formula is C23H33N2O4+. The Kier molecular flexibility index (Phi) is 7.91. The van der Waals surface area contributed by atoms with Gasteiger partial charge in [-0.25, -0.2) is 0 Å². The van der Waals surface area contributed by atoms with Crippen molar-refractivity contribution in [1.82, 2.24) is 0 Å². The average Bonchev–Trinajstić information content (AvgIpc) is 2.73. The van der Waals surface area contributed by atoms with Gasteiger partial charge in [-0.3, -0.25) is 4.79 Å². The molecule has 2 unspecified atom stereocenters. The monoisotopic (exact) mass is 401 g/mol.